The second kappa shape index (κ2) is 29.3. The summed E-state index contributed by atoms with van der Waals surface area (Å²) < 4.78 is 12.1. The minimum Gasteiger partial charge on any atom is -0.379 e. The number of carbonyl (C=O) groups is 6. The summed E-state index contributed by atoms with van der Waals surface area (Å²) >= 11 is 0. The van der Waals surface area contributed by atoms with Gasteiger partial charge in [-0.1, -0.05) is 130 Å². The Morgan fingerprint density at radius 2 is 0.950 bits per heavy atom. The molecule has 6 amide bonds. The van der Waals surface area contributed by atoms with Crippen LogP contribution in [0.15, 0.2) is 109 Å². The fourth-order valence-corrected chi connectivity index (χ4v) is 12.7. The Morgan fingerprint density at radius 3 is 1.32 bits per heavy atom. The molecule has 15 nitrogen and oxygen atoms in total. The molecule has 0 aromatic heterocycles. The fourth-order valence-electron chi connectivity index (χ4n) is 12.7. The van der Waals surface area contributed by atoms with Crippen LogP contribution in [0.3, 0.4) is 0 Å². The molecule has 4 fully saturated rings. The van der Waals surface area contributed by atoms with Gasteiger partial charge in [0, 0.05) is 71.0 Å². The van der Waals surface area contributed by atoms with E-state index in [0.717, 1.165) is 86.5 Å². The Hall–Kier alpha value is -6.42. The van der Waals surface area contributed by atoms with E-state index in [0.29, 0.717) is 69.4 Å². The van der Waals surface area contributed by atoms with Crippen LogP contribution in [0.4, 0.5) is 0 Å². The molecule has 7 atom stereocenters. The average molecular weight is 1090 g/mol. The average Bonchev–Trinajstić information content (AvgIpc) is 4.14. The summed E-state index contributed by atoms with van der Waals surface area (Å²) in [4.78, 5) is 92.8. The molecule has 0 spiro atoms. The van der Waals surface area contributed by atoms with Gasteiger partial charge < -0.3 is 45.0 Å². The third-order valence-electron chi connectivity index (χ3n) is 17.7. The van der Waals surface area contributed by atoms with Gasteiger partial charge >= 0.3 is 0 Å². The largest absolute Gasteiger partial charge is 0.379 e. The van der Waals surface area contributed by atoms with Gasteiger partial charge in [0.15, 0.2) is 0 Å². The molecule has 4 aromatic carbocycles. The van der Waals surface area contributed by atoms with E-state index in [1.54, 1.807) is 28.2 Å². The van der Waals surface area contributed by atoms with E-state index in [2.05, 4.69) is 40.2 Å². The molecule has 0 bridgehead atoms. The molecule has 2 aliphatic carbocycles. The highest BCUT2D eigenvalue weighted by Crippen LogP contribution is 2.33. The zero-order chi connectivity index (χ0) is 56.5. The van der Waals surface area contributed by atoms with Crippen LogP contribution in [0.5, 0.6) is 0 Å². The van der Waals surface area contributed by atoms with Gasteiger partial charge in [0.05, 0.1) is 30.3 Å². The van der Waals surface area contributed by atoms with Crippen LogP contribution in [0.1, 0.15) is 129 Å². The molecule has 2 heterocycles. The van der Waals surface area contributed by atoms with Crippen molar-refractivity contribution in [2.24, 2.45) is 11.8 Å². The van der Waals surface area contributed by atoms with Gasteiger partial charge in [-0.3, -0.25) is 28.8 Å². The summed E-state index contributed by atoms with van der Waals surface area (Å²) in [6.45, 7) is 5.91. The highest BCUT2D eigenvalue weighted by Gasteiger charge is 2.45. The Labute approximate surface area is 474 Å². The van der Waals surface area contributed by atoms with E-state index >= 15 is 0 Å². The number of likely N-dealkylation sites (tertiary alicyclic amines) is 2. The zero-order valence-corrected chi connectivity index (χ0v) is 48.0. The van der Waals surface area contributed by atoms with Crippen molar-refractivity contribution < 1.29 is 38.2 Å². The second-order valence-corrected chi connectivity index (χ2v) is 22.6. The minimum absolute atomic E-state index is 0.0278. The van der Waals surface area contributed by atoms with Gasteiger partial charge in [-0.05, 0) is 124 Å². The molecular weight excluding hydrogens is 1010 g/mol. The molecule has 2 aliphatic heterocycles. The zero-order valence-electron chi connectivity index (χ0n) is 48.0. The maximum atomic E-state index is 14.8. The van der Waals surface area contributed by atoms with Gasteiger partial charge in [-0.2, -0.15) is 0 Å². The summed E-state index contributed by atoms with van der Waals surface area (Å²) in [6.07, 6.45) is 12.1. The summed E-state index contributed by atoms with van der Waals surface area (Å²) in [7, 11) is 5.06. The third kappa shape index (κ3) is 15.1. The topological polar surface area (TPSA) is 170 Å². The molecule has 430 valence electrons. The Bertz CT molecular complexity index is 2640. The van der Waals surface area contributed by atoms with Crippen molar-refractivity contribution in [2.75, 3.05) is 60.5 Å². The van der Waals surface area contributed by atoms with Crippen LogP contribution in [0.2, 0.25) is 0 Å². The molecule has 8 rings (SSSR count). The molecule has 0 unspecified atom stereocenters. The highest BCUT2D eigenvalue weighted by molar-refractivity contribution is 5.96. The number of likely N-dealkylation sites (N-methyl/N-ethyl adjacent to an activating group) is 1. The summed E-state index contributed by atoms with van der Waals surface area (Å²) in [5.74, 6) is -0.775. The van der Waals surface area contributed by atoms with Crippen LogP contribution < -0.4 is 16.0 Å². The SMILES string of the molecule is CCC(=O)N[C@H](C(=O)N1CC[C@H](OC)[C@H]1CN(CCc1ccccc1)C(=O)c1ccc(-c2ccc(C(=O)N(CCc3ccccc3)C[C@@H]3[C@@H](OC)CCN3C(=O)[C@@H](NC(=O)[C@H](C)NC)C3CCCCC3)cc2)cc1)C1CCCCC1. The first-order valence-electron chi connectivity index (χ1n) is 29.7. The summed E-state index contributed by atoms with van der Waals surface area (Å²) in [6, 6.07) is 32.7. The Kier molecular flexibility index (Phi) is 21.9. The normalized spacial score (nSPS) is 20.9. The second-order valence-electron chi connectivity index (χ2n) is 22.6. The Balaban J connectivity index is 1.00. The van der Waals surface area contributed by atoms with Crippen molar-refractivity contribution in [3.05, 3.63) is 131 Å². The lowest BCUT2D eigenvalue weighted by atomic mass is 9.83. The van der Waals surface area contributed by atoms with E-state index in [-0.39, 0.29) is 72.6 Å². The monoisotopic (exact) mass is 1090 g/mol. The van der Waals surface area contributed by atoms with Gasteiger partial charge in [0.1, 0.15) is 12.1 Å². The van der Waals surface area contributed by atoms with Gasteiger partial charge in [-0.15, -0.1) is 0 Å². The number of benzene rings is 4. The minimum atomic E-state index is -0.668. The van der Waals surface area contributed by atoms with Gasteiger partial charge in [-0.25, -0.2) is 0 Å². The van der Waals surface area contributed by atoms with Crippen LogP contribution in [-0.4, -0.2) is 158 Å². The number of carbonyl (C=O) groups excluding carboxylic acids is 6. The first-order chi connectivity index (χ1) is 38.9. The first kappa shape index (κ1) is 59.7. The maximum Gasteiger partial charge on any atom is 0.253 e. The predicted octanol–water partition coefficient (Wildman–Crippen LogP) is 8.10. The summed E-state index contributed by atoms with van der Waals surface area (Å²) in [5, 5.41) is 9.25. The lowest BCUT2D eigenvalue weighted by Gasteiger charge is -2.38. The van der Waals surface area contributed by atoms with Crippen molar-refractivity contribution in [1.29, 1.82) is 0 Å². The van der Waals surface area contributed by atoms with Crippen LogP contribution in [0.25, 0.3) is 11.1 Å². The molecule has 80 heavy (non-hydrogen) atoms. The molecular formula is C65H87N7O8. The van der Waals surface area contributed by atoms with Crippen LogP contribution >= 0.6 is 0 Å². The smallest absolute Gasteiger partial charge is 0.253 e. The molecule has 4 aliphatic rings. The number of hydrogen-bond acceptors (Lipinski definition) is 9. The van der Waals surface area contributed by atoms with Crippen molar-refractivity contribution in [1.82, 2.24) is 35.6 Å². The number of rotatable bonds is 24. The van der Waals surface area contributed by atoms with Crippen molar-refractivity contribution in [2.45, 2.75) is 153 Å². The first-order valence-corrected chi connectivity index (χ1v) is 29.7. The van der Waals surface area contributed by atoms with Gasteiger partial charge in [0.2, 0.25) is 23.6 Å². The van der Waals surface area contributed by atoms with E-state index in [1.807, 2.05) is 111 Å². The number of amides is 6. The quantitative estimate of drug-likeness (QED) is 0.0628. The lowest BCUT2D eigenvalue weighted by molar-refractivity contribution is -0.140. The predicted molar refractivity (Wildman–Crippen MR) is 312 cm³/mol. The summed E-state index contributed by atoms with van der Waals surface area (Å²) in [5.41, 5.74) is 4.95. The van der Waals surface area contributed by atoms with E-state index in [4.69, 9.17) is 9.47 Å². The number of nitrogens with one attached hydrogen (secondary N) is 3. The number of ether oxygens (including phenoxy) is 2. The van der Waals surface area contributed by atoms with E-state index in [1.165, 1.54) is 0 Å². The molecule has 3 N–H and O–H groups in total. The van der Waals surface area contributed by atoms with Crippen LogP contribution in [-0.2, 0) is 41.5 Å². The maximum absolute atomic E-state index is 14.8. The fraction of sp³-hybridized carbons (Fsp3) is 0.538. The third-order valence-corrected chi connectivity index (χ3v) is 17.7. The molecule has 2 saturated carbocycles. The molecule has 2 saturated heterocycles. The van der Waals surface area contributed by atoms with Crippen LogP contribution in [0, 0.1) is 11.8 Å². The van der Waals surface area contributed by atoms with Crippen molar-refractivity contribution in [3.63, 3.8) is 0 Å². The standard InChI is InChI=1S/C65H87N7O8/c1-6-58(73)67-59(50-23-15-9-16-24-50)64(77)71-41-37-56(79-4)54(71)43-69(39-35-46-19-11-7-12-20-46)62(75)52-31-27-48(28-32-52)49-29-33-53(34-30-49)63(76)70(40-36-47-21-13-8-14-22-47)44-55-57(80-5)38-42-72(55)65(78)60(51-25-17-10-18-26-51)68-61(74)45(2)66-3/h7-8,11-14,19-22,27-34,45,50-51,54-57,59-60,66H,6,9-10,15-18,23-26,35-44H2,1-5H3,(H,67,73)(H,68,74)/t45-,54+,55+,56-,57-,59-,60-/m0/s1. The number of hydrogen-bond donors (Lipinski definition) is 3. The van der Waals surface area contributed by atoms with Gasteiger partial charge in [0.25, 0.3) is 11.8 Å². The molecule has 4 aromatic rings. The highest BCUT2D eigenvalue weighted by atomic mass is 16.5. The van der Waals surface area contributed by atoms with E-state index < -0.39 is 30.2 Å². The van der Waals surface area contributed by atoms with Crippen molar-refractivity contribution in [3.8, 4) is 11.1 Å². The molecule has 0 radical (unpaired) electrons. The van der Waals surface area contributed by atoms with E-state index in [9.17, 15) is 28.8 Å². The van der Waals surface area contributed by atoms with Crippen molar-refractivity contribution >= 4 is 35.4 Å². The Morgan fingerprint density at radius 1 is 0.550 bits per heavy atom. The number of nitrogens with zero attached hydrogens (tertiary/aromatic N) is 4. The lowest BCUT2D eigenvalue weighted by Crippen LogP contribution is -2.58. The molecule has 15 heteroatoms. The number of methoxy groups -OCH3 is 2.